The molecule has 3 heterocycles. The molecule has 0 aliphatic carbocycles. The van der Waals surface area contributed by atoms with Crippen LogP contribution in [0.5, 0.6) is 0 Å². The third-order valence-corrected chi connectivity index (χ3v) is 6.84. The second-order valence-corrected chi connectivity index (χ2v) is 8.85. The predicted molar refractivity (Wildman–Crippen MR) is 108 cm³/mol. The van der Waals surface area contributed by atoms with Crippen LogP contribution in [-0.4, -0.2) is 46.9 Å². The Bertz CT molecular complexity index is 1080. The molecule has 2 aromatic heterocycles. The summed E-state index contributed by atoms with van der Waals surface area (Å²) in [6.07, 6.45) is 4.62. The predicted octanol–water partition coefficient (Wildman–Crippen LogP) is 2.51. The molecule has 1 saturated heterocycles. The maximum absolute atomic E-state index is 12.8. The third kappa shape index (κ3) is 4.20. The van der Waals surface area contributed by atoms with Gasteiger partial charge in [-0.2, -0.15) is 9.40 Å². The fourth-order valence-corrected chi connectivity index (χ4v) is 4.95. The zero-order valence-electron chi connectivity index (χ0n) is 15.7. The van der Waals surface area contributed by atoms with Gasteiger partial charge in [0.15, 0.2) is 5.82 Å². The number of nitrogens with one attached hydrogen (secondary N) is 2. The molecule has 0 spiro atoms. The molecule has 0 unspecified atom stereocenters. The minimum absolute atomic E-state index is 0.157. The highest BCUT2D eigenvalue weighted by molar-refractivity contribution is 7.89. The number of H-pyrrole nitrogens is 1. The van der Waals surface area contributed by atoms with Gasteiger partial charge in [-0.1, -0.05) is 18.2 Å². The van der Waals surface area contributed by atoms with E-state index in [9.17, 15) is 13.2 Å². The number of sulfonamides is 1. The number of anilines is 1. The number of rotatable bonds is 5. The molecule has 0 saturated carbocycles. The Labute approximate surface area is 169 Å². The van der Waals surface area contributed by atoms with Crippen LogP contribution in [0.3, 0.4) is 0 Å². The van der Waals surface area contributed by atoms with Crippen molar-refractivity contribution in [1.29, 1.82) is 0 Å². The summed E-state index contributed by atoms with van der Waals surface area (Å²) in [6, 6.07) is 13.7. The fraction of sp³-hybridized carbons (Fsp3) is 0.250. The Morgan fingerprint density at radius 3 is 2.66 bits per heavy atom. The second kappa shape index (κ2) is 8.14. The van der Waals surface area contributed by atoms with Crippen LogP contribution in [0.2, 0.25) is 0 Å². The first-order valence-electron chi connectivity index (χ1n) is 9.36. The molecule has 3 aromatic rings. The van der Waals surface area contributed by atoms with Gasteiger partial charge in [0.25, 0.3) is 0 Å². The molecular formula is C20H21N5O3S. The highest BCUT2D eigenvalue weighted by Gasteiger charge is 2.33. The minimum atomic E-state index is -3.61. The zero-order valence-corrected chi connectivity index (χ0v) is 16.5. The summed E-state index contributed by atoms with van der Waals surface area (Å²) in [5.41, 5.74) is 1.67. The van der Waals surface area contributed by atoms with E-state index < -0.39 is 15.9 Å². The Kier molecular flexibility index (Phi) is 5.41. The van der Waals surface area contributed by atoms with Crippen molar-refractivity contribution in [3.05, 3.63) is 60.9 Å². The van der Waals surface area contributed by atoms with Gasteiger partial charge in [0, 0.05) is 37.1 Å². The van der Waals surface area contributed by atoms with Gasteiger partial charge in [-0.25, -0.2) is 8.42 Å². The highest BCUT2D eigenvalue weighted by Crippen LogP contribution is 2.25. The number of amides is 1. The molecule has 1 aromatic carbocycles. The first kappa shape index (κ1) is 19.3. The van der Waals surface area contributed by atoms with Gasteiger partial charge in [0.2, 0.25) is 15.9 Å². The first-order valence-corrected chi connectivity index (χ1v) is 10.8. The number of carbonyl (C=O) groups excluding carboxylic acids is 1. The summed E-state index contributed by atoms with van der Waals surface area (Å²) in [6.45, 7) is 0.570. The number of aromatic nitrogens is 3. The Hall–Kier alpha value is -3.04. The van der Waals surface area contributed by atoms with E-state index in [1.807, 2.05) is 12.1 Å². The van der Waals surface area contributed by atoms with Crippen LogP contribution in [-0.2, 0) is 14.8 Å². The molecule has 1 aliphatic rings. The summed E-state index contributed by atoms with van der Waals surface area (Å²) in [7, 11) is -3.61. The van der Waals surface area contributed by atoms with Crippen LogP contribution in [0.25, 0.3) is 11.3 Å². The molecule has 29 heavy (non-hydrogen) atoms. The van der Waals surface area contributed by atoms with Crippen molar-refractivity contribution in [2.75, 3.05) is 18.4 Å². The van der Waals surface area contributed by atoms with Crippen LogP contribution in [0, 0.1) is 5.92 Å². The Morgan fingerprint density at radius 1 is 1.14 bits per heavy atom. The van der Waals surface area contributed by atoms with Crippen molar-refractivity contribution < 1.29 is 13.2 Å². The van der Waals surface area contributed by atoms with Crippen LogP contribution in [0.4, 0.5) is 5.82 Å². The number of carbonyl (C=O) groups is 1. The number of piperidine rings is 1. The quantitative estimate of drug-likeness (QED) is 0.671. The van der Waals surface area contributed by atoms with Crippen molar-refractivity contribution in [2.45, 2.75) is 17.7 Å². The molecular weight excluding hydrogens is 390 g/mol. The zero-order chi connectivity index (χ0) is 20.3. The van der Waals surface area contributed by atoms with E-state index in [4.69, 9.17) is 0 Å². The van der Waals surface area contributed by atoms with E-state index in [1.54, 1.807) is 48.8 Å². The normalized spacial score (nSPS) is 17.7. The number of aromatic amines is 1. The third-order valence-electron chi connectivity index (χ3n) is 4.96. The van der Waals surface area contributed by atoms with Gasteiger partial charge in [0.05, 0.1) is 16.5 Å². The van der Waals surface area contributed by atoms with E-state index in [1.165, 1.54) is 4.31 Å². The van der Waals surface area contributed by atoms with Crippen molar-refractivity contribution >= 4 is 21.7 Å². The molecule has 9 heteroatoms. The van der Waals surface area contributed by atoms with Crippen LogP contribution < -0.4 is 5.32 Å². The van der Waals surface area contributed by atoms with E-state index in [0.29, 0.717) is 25.2 Å². The van der Waals surface area contributed by atoms with Crippen LogP contribution in [0.1, 0.15) is 12.8 Å². The molecule has 1 amide bonds. The molecule has 1 aliphatic heterocycles. The van der Waals surface area contributed by atoms with E-state index >= 15 is 0 Å². The average molecular weight is 411 g/mol. The first-order chi connectivity index (χ1) is 14.0. The molecule has 2 N–H and O–H groups in total. The Balaban J connectivity index is 1.44. The monoisotopic (exact) mass is 411 g/mol. The molecule has 4 rings (SSSR count). The largest absolute Gasteiger partial charge is 0.309 e. The molecule has 0 bridgehead atoms. The SMILES string of the molecule is O=C(Nc1cc(-c2ccncc2)[nH]n1)[C@@H]1CCCN(S(=O)(=O)c2ccccc2)C1. The van der Waals surface area contributed by atoms with Gasteiger partial charge < -0.3 is 5.32 Å². The van der Waals surface area contributed by atoms with Gasteiger partial charge in [0.1, 0.15) is 0 Å². The van der Waals surface area contributed by atoms with Crippen LogP contribution in [0.15, 0.2) is 65.8 Å². The van der Waals surface area contributed by atoms with E-state index in [2.05, 4.69) is 20.5 Å². The number of hydrogen-bond acceptors (Lipinski definition) is 5. The summed E-state index contributed by atoms with van der Waals surface area (Å²) in [5, 5.41) is 9.81. The summed E-state index contributed by atoms with van der Waals surface area (Å²) in [5.74, 6) is -0.251. The summed E-state index contributed by atoms with van der Waals surface area (Å²) >= 11 is 0. The van der Waals surface area contributed by atoms with E-state index in [0.717, 1.165) is 11.3 Å². The molecule has 0 radical (unpaired) electrons. The molecule has 150 valence electrons. The van der Waals surface area contributed by atoms with Gasteiger partial charge in [-0.3, -0.25) is 14.9 Å². The number of benzene rings is 1. The average Bonchev–Trinajstić information content (AvgIpc) is 3.23. The summed E-state index contributed by atoms with van der Waals surface area (Å²) in [4.78, 5) is 16.9. The lowest BCUT2D eigenvalue weighted by molar-refractivity contribution is -0.120. The molecule has 1 fully saturated rings. The molecule has 8 nitrogen and oxygen atoms in total. The number of hydrogen-bond donors (Lipinski definition) is 2. The number of nitrogens with zero attached hydrogens (tertiary/aromatic N) is 3. The number of pyridine rings is 1. The summed E-state index contributed by atoms with van der Waals surface area (Å²) < 4.78 is 27.1. The minimum Gasteiger partial charge on any atom is -0.309 e. The molecule has 1 atom stereocenters. The lowest BCUT2D eigenvalue weighted by Crippen LogP contribution is -2.43. The van der Waals surface area contributed by atoms with Crippen molar-refractivity contribution in [1.82, 2.24) is 19.5 Å². The van der Waals surface area contributed by atoms with Crippen molar-refractivity contribution in [3.63, 3.8) is 0 Å². The maximum atomic E-state index is 12.8. The van der Waals surface area contributed by atoms with Crippen LogP contribution >= 0.6 is 0 Å². The second-order valence-electron chi connectivity index (χ2n) is 6.91. The maximum Gasteiger partial charge on any atom is 0.243 e. The van der Waals surface area contributed by atoms with Crippen molar-refractivity contribution in [3.8, 4) is 11.3 Å². The highest BCUT2D eigenvalue weighted by atomic mass is 32.2. The lowest BCUT2D eigenvalue weighted by Gasteiger charge is -2.31. The van der Waals surface area contributed by atoms with Gasteiger partial charge >= 0.3 is 0 Å². The lowest BCUT2D eigenvalue weighted by atomic mass is 9.99. The topological polar surface area (TPSA) is 108 Å². The van der Waals surface area contributed by atoms with Gasteiger partial charge in [-0.05, 0) is 37.1 Å². The van der Waals surface area contributed by atoms with E-state index in [-0.39, 0.29) is 17.3 Å². The standard InChI is InChI=1S/C20H21N5O3S/c26-20(22-19-13-18(23-24-19)15-8-10-21-11-9-15)16-5-4-12-25(14-16)29(27,28)17-6-2-1-3-7-17/h1-3,6-11,13,16H,4-5,12,14H2,(H2,22,23,24,26)/t16-/m1/s1. The van der Waals surface area contributed by atoms with Gasteiger partial charge in [-0.15, -0.1) is 0 Å². The Morgan fingerprint density at radius 2 is 1.90 bits per heavy atom. The fourth-order valence-electron chi connectivity index (χ4n) is 3.41. The van der Waals surface area contributed by atoms with Crippen molar-refractivity contribution in [2.24, 2.45) is 5.92 Å². The smallest absolute Gasteiger partial charge is 0.243 e.